The molecule has 0 atom stereocenters. The number of rotatable bonds is 3. The highest BCUT2D eigenvalue weighted by atomic mass is 19.3. The molecular formula is C21H27F3N6O3. The lowest BCUT2D eigenvalue weighted by molar-refractivity contribution is -0.103. The van der Waals surface area contributed by atoms with E-state index in [9.17, 15) is 22.8 Å². The Morgan fingerprint density at radius 1 is 1.30 bits per heavy atom. The van der Waals surface area contributed by atoms with Crippen molar-refractivity contribution < 1.29 is 27.6 Å². The van der Waals surface area contributed by atoms with E-state index >= 15 is 0 Å². The molecule has 1 aromatic carbocycles. The molecule has 33 heavy (non-hydrogen) atoms. The van der Waals surface area contributed by atoms with Crippen molar-refractivity contribution in [3.8, 4) is 0 Å². The van der Waals surface area contributed by atoms with Gasteiger partial charge in [-0.1, -0.05) is 0 Å². The molecule has 0 aliphatic carbocycles. The molecule has 1 aromatic heterocycles. The summed E-state index contributed by atoms with van der Waals surface area (Å²) in [6.07, 6.45) is -1.64. The van der Waals surface area contributed by atoms with E-state index in [0.29, 0.717) is 43.1 Å². The highest BCUT2D eigenvalue weighted by Gasteiger charge is 2.33. The molecule has 0 fully saturated rings. The van der Waals surface area contributed by atoms with E-state index in [1.807, 2.05) is 0 Å². The zero-order valence-corrected chi connectivity index (χ0v) is 18.7. The Hall–Kier alpha value is -3.12. The van der Waals surface area contributed by atoms with Crippen LogP contribution in [-0.4, -0.2) is 71.9 Å². The molecule has 0 bridgehead atoms. The predicted molar refractivity (Wildman–Crippen MR) is 114 cm³/mol. The number of alkyl halides is 2. The van der Waals surface area contributed by atoms with Gasteiger partial charge in [0, 0.05) is 31.3 Å². The maximum absolute atomic E-state index is 13.4. The number of nitrogens with one attached hydrogen (secondary N) is 2. The Morgan fingerprint density at radius 3 is 2.70 bits per heavy atom. The van der Waals surface area contributed by atoms with Crippen molar-refractivity contribution in [2.45, 2.75) is 32.9 Å². The molecule has 0 unspecified atom stereocenters. The van der Waals surface area contributed by atoms with Gasteiger partial charge in [-0.25, -0.2) is 23.0 Å². The number of nitrogens with zero attached hydrogens (tertiary/aromatic N) is 4. The second-order valence-electron chi connectivity index (χ2n) is 7.65. The van der Waals surface area contributed by atoms with Crippen molar-refractivity contribution in [3.05, 3.63) is 46.5 Å². The summed E-state index contributed by atoms with van der Waals surface area (Å²) >= 11 is 0. The van der Waals surface area contributed by atoms with Gasteiger partial charge in [-0.15, -0.1) is 0 Å². The molecule has 0 radical (unpaired) electrons. The van der Waals surface area contributed by atoms with Crippen molar-refractivity contribution in [3.63, 3.8) is 0 Å². The number of benzene rings is 1. The van der Waals surface area contributed by atoms with Gasteiger partial charge in [0.05, 0.1) is 31.9 Å². The van der Waals surface area contributed by atoms with Gasteiger partial charge in [-0.05, 0) is 37.7 Å². The van der Waals surface area contributed by atoms with E-state index in [0.717, 1.165) is 11.3 Å². The van der Waals surface area contributed by atoms with Crippen LogP contribution in [0.25, 0.3) is 0 Å². The van der Waals surface area contributed by atoms with E-state index in [1.165, 1.54) is 24.2 Å². The Morgan fingerprint density at radius 2 is 2.06 bits per heavy atom. The van der Waals surface area contributed by atoms with Crippen LogP contribution in [0.5, 0.6) is 0 Å². The number of hydrogen-bond acceptors (Lipinski definition) is 5. The lowest BCUT2D eigenvalue weighted by Crippen LogP contribution is -2.39. The molecule has 2 aliphatic rings. The Kier molecular flexibility index (Phi) is 7.92. The topological polar surface area (TPSA) is 91.7 Å². The van der Waals surface area contributed by atoms with Crippen molar-refractivity contribution in [1.29, 1.82) is 0 Å². The van der Waals surface area contributed by atoms with Crippen molar-refractivity contribution >= 4 is 17.6 Å². The first kappa shape index (κ1) is 24.5. The third-order valence-electron chi connectivity index (χ3n) is 5.23. The van der Waals surface area contributed by atoms with Crippen LogP contribution in [-0.2, 0) is 24.3 Å². The lowest BCUT2D eigenvalue weighted by atomic mass is 10.1. The third kappa shape index (κ3) is 5.82. The second-order valence-corrected chi connectivity index (χ2v) is 7.65. The van der Waals surface area contributed by atoms with Crippen LogP contribution in [0.2, 0.25) is 0 Å². The quantitative estimate of drug-likeness (QED) is 0.722. The number of carbonyl (C=O) groups is 2. The first-order chi connectivity index (χ1) is 15.7. The summed E-state index contributed by atoms with van der Waals surface area (Å²) in [6.45, 7) is 3.07. The van der Waals surface area contributed by atoms with Gasteiger partial charge in [0.25, 0.3) is 12.3 Å². The van der Waals surface area contributed by atoms with Crippen LogP contribution in [0, 0.1) is 12.7 Å². The number of anilines is 1. The van der Waals surface area contributed by atoms with E-state index in [1.54, 1.807) is 29.6 Å². The van der Waals surface area contributed by atoms with Crippen molar-refractivity contribution in [1.82, 2.24) is 25.1 Å². The molecular weight excluding hydrogens is 441 g/mol. The number of hydroxylamine groups is 2. The number of carbonyl (C=O) groups excluding carboxylic acids is 2. The summed E-state index contributed by atoms with van der Waals surface area (Å²) in [6, 6.07) is 4.14. The average Bonchev–Trinajstić information content (AvgIpc) is 3.06. The molecule has 180 valence electrons. The van der Waals surface area contributed by atoms with E-state index < -0.39 is 6.43 Å². The molecule has 3 heterocycles. The number of halogens is 3. The minimum atomic E-state index is -2.21. The van der Waals surface area contributed by atoms with Crippen LogP contribution >= 0.6 is 0 Å². The molecule has 9 nitrogen and oxygen atoms in total. The average molecular weight is 468 g/mol. The fraction of sp³-hybridized carbons (Fsp3) is 0.476. The molecule has 4 rings (SSSR count). The van der Waals surface area contributed by atoms with E-state index in [4.69, 9.17) is 4.84 Å². The highest BCUT2D eigenvalue weighted by molar-refractivity contribution is 5.94. The zero-order chi connectivity index (χ0) is 24.1. The Labute approximate surface area is 189 Å². The molecule has 0 saturated carbocycles. The van der Waals surface area contributed by atoms with Gasteiger partial charge in [0.2, 0.25) is 0 Å². The number of amides is 3. The van der Waals surface area contributed by atoms with Gasteiger partial charge in [0.1, 0.15) is 11.5 Å². The number of aryl methyl sites for hydroxylation is 1. The summed E-state index contributed by atoms with van der Waals surface area (Å²) in [4.78, 5) is 32.2. The number of hydrogen-bond donors (Lipinski definition) is 2. The van der Waals surface area contributed by atoms with E-state index in [2.05, 4.69) is 15.7 Å². The summed E-state index contributed by atoms with van der Waals surface area (Å²) in [5.74, 6) is -0.583. The van der Waals surface area contributed by atoms with Gasteiger partial charge in [-0.3, -0.25) is 14.3 Å². The van der Waals surface area contributed by atoms with Crippen LogP contribution in [0.1, 0.15) is 27.3 Å². The number of fused-ring (bicyclic) bond motifs is 3. The fourth-order valence-electron chi connectivity index (χ4n) is 3.55. The van der Waals surface area contributed by atoms with Crippen LogP contribution in [0.15, 0.2) is 18.2 Å². The summed E-state index contributed by atoms with van der Waals surface area (Å²) in [5.41, 5.74) is 3.07. The second kappa shape index (κ2) is 10.7. The van der Waals surface area contributed by atoms with Gasteiger partial charge < -0.3 is 15.5 Å². The fourth-order valence-corrected chi connectivity index (χ4v) is 3.55. The van der Waals surface area contributed by atoms with Gasteiger partial charge in [0.15, 0.2) is 0 Å². The minimum absolute atomic E-state index is 0.208. The number of aromatic nitrogens is 2. The summed E-state index contributed by atoms with van der Waals surface area (Å²) in [5, 5.41) is 10.8. The Balaban J connectivity index is 0.000000454. The van der Waals surface area contributed by atoms with Crippen molar-refractivity contribution in [2.24, 2.45) is 0 Å². The zero-order valence-electron chi connectivity index (χ0n) is 18.7. The molecule has 12 heteroatoms. The first-order valence-electron chi connectivity index (χ1n) is 10.5. The molecule has 2 aromatic rings. The Bertz CT molecular complexity index is 1010. The minimum Gasteiger partial charge on any atom is -0.320 e. The molecule has 2 N–H and O–H groups in total. The molecule has 3 amide bonds. The maximum atomic E-state index is 13.4. The van der Waals surface area contributed by atoms with Crippen LogP contribution in [0.4, 0.5) is 23.7 Å². The largest absolute Gasteiger partial charge is 0.322 e. The third-order valence-corrected chi connectivity index (χ3v) is 5.23. The molecule has 2 aliphatic heterocycles. The normalized spacial score (nSPS) is 15.4. The standard InChI is InChI=1S/C18H20FN5O3.C3H7F2N/c1-11-9-12(3-4-14(11)19)20-18(26)23-6-5-15-13(10-23)16-17(25)22(2)27-8-7-24(16)21-15;1-6-2-3(4)5/h3-4,9H,5-8,10H2,1-2H3,(H,20,26);3,6H,2H2,1H3. The monoisotopic (exact) mass is 468 g/mol. The molecule has 0 spiro atoms. The summed E-state index contributed by atoms with van der Waals surface area (Å²) in [7, 11) is 3.06. The van der Waals surface area contributed by atoms with Gasteiger partial charge >= 0.3 is 6.03 Å². The van der Waals surface area contributed by atoms with Crippen LogP contribution in [0.3, 0.4) is 0 Å². The highest BCUT2D eigenvalue weighted by Crippen LogP contribution is 2.25. The van der Waals surface area contributed by atoms with Gasteiger partial charge in [-0.2, -0.15) is 5.10 Å². The first-order valence-corrected chi connectivity index (χ1v) is 10.5. The van der Waals surface area contributed by atoms with Crippen molar-refractivity contribution in [2.75, 3.05) is 39.1 Å². The predicted octanol–water partition coefficient (Wildman–Crippen LogP) is 2.41. The maximum Gasteiger partial charge on any atom is 0.322 e. The smallest absolute Gasteiger partial charge is 0.320 e. The lowest BCUT2D eigenvalue weighted by Gasteiger charge is -2.27. The number of urea groups is 1. The molecule has 0 saturated heterocycles. The SMILES string of the molecule is CNCC(F)F.Cc1cc(NC(=O)N2CCc3nn4c(c3C2)C(=O)N(C)OCC4)ccc1F. The van der Waals surface area contributed by atoms with Crippen LogP contribution < -0.4 is 10.6 Å². The summed E-state index contributed by atoms with van der Waals surface area (Å²) < 4.78 is 37.0. The van der Waals surface area contributed by atoms with E-state index in [-0.39, 0.29) is 30.8 Å².